The van der Waals surface area contributed by atoms with E-state index in [1.807, 2.05) is 24.3 Å². The minimum atomic E-state index is -0.129. The average molecular weight is 353 g/mol. The van der Waals surface area contributed by atoms with Crippen molar-refractivity contribution in [1.82, 2.24) is 5.32 Å². The largest absolute Gasteiger partial charge is 0.496 e. The summed E-state index contributed by atoms with van der Waals surface area (Å²) in [6, 6.07) is 12.9. The number of hydrogen-bond acceptors (Lipinski definition) is 3. The molecule has 0 aliphatic heterocycles. The summed E-state index contributed by atoms with van der Waals surface area (Å²) < 4.78 is 5.28. The van der Waals surface area contributed by atoms with Crippen LogP contribution >= 0.6 is 23.2 Å². The lowest BCUT2D eigenvalue weighted by Gasteiger charge is -2.11. The van der Waals surface area contributed by atoms with E-state index in [0.717, 1.165) is 11.3 Å². The SMILES string of the molecule is COc1ccccc1CCNC(=O)CNc1c(Cl)cccc1Cl. The van der Waals surface area contributed by atoms with E-state index < -0.39 is 0 Å². The molecule has 2 aromatic rings. The molecule has 2 rings (SSSR count). The van der Waals surface area contributed by atoms with Crippen LogP contribution in [0.5, 0.6) is 5.75 Å². The quantitative estimate of drug-likeness (QED) is 0.797. The number of para-hydroxylation sites is 2. The van der Waals surface area contributed by atoms with Crippen molar-refractivity contribution in [2.24, 2.45) is 0 Å². The maximum Gasteiger partial charge on any atom is 0.239 e. The molecule has 23 heavy (non-hydrogen) atoms. The molecule has 0 heterocycles. The first-order valence-corrected chi connectivity index (χ1v) is 7.94. The highest BCUT2D eigenvalue weighted by Gasteiger charge is 2.08. The van der Waals surface area contributed by atoms with Gasteiger partial charge in [-0.05, 0) is 30.2 Å². The van der Waals surface area contributed by atoms with Crippen LogP contribution in [0.15, 0.2) is 42.5 Å². The second-order valence-corrected chi connectivity index (χ2v) is 5.68. The van der Waals surface area contributed by atoms with Gasteiger partial charge in [-0.15, -0.1) is 0 Å². The van der Waals surface area contributed by atoms with Gasteiger partial charge in [-0.1, -0.05) is 47.5 Å². The number of methoxy groups -OCH3 is 1. The summed E-state index contributed by atoms with van der Waals surface area (Å²) >= 11 is 12.1. The first kappa shape index (κ1) is 17.4. The molecular weight excluding hydrogens is 335 g/mol. The summed E-state index contributed by atoms with van der Waals surface area (Å²) in [7, 11) is 1.63. The van der Waals surface area contributed by atoms with Crippen LogP contribution in [0.3, 0.4) is 0 Å². The zero-order chi connectivity index (χ0) is 16.7. The monoisotopic (exact) mass is 352 g/mol. The van der Waals surface area contributed by atoms with Gasteiger partial charge in [-0.3, -0.25) is 4.79 Å². The molecule has 4 nitrogen and oxygen atoms in total. The molecular formula is C17H18Cl2N2O2. The van der Waals surface area contributed by atoms with E-state index in [0.29, 0.717) is 28.7 Å². The van der Waals surface area contributed by atoms with Gasteiger partial charge in [0.15, 0.2) is 0 Å². The highest BCUT2D eigenvalue weighted by molar-refractivity contribution is 6.39. The topological polar surface area (TPSA) is 50.4 Å². The van der Waals surface area contributed by atoms with Gasteiger partial charge in [0.2, 0.25) is 5.91 Å². The van der Waals surface area contributed by atoms with Crippen molar-refractivity contribution in [1.29, 1.82) is 0 Å². The lowest BCUT2D eigenvalue weighted by molar-refractivity contribution is -0.119. The van der Waals surface area contributed by atoms with Crippen molar-refractivity contribution in [3.05, 3.63) is 58.1 Å². The van der Waals surface area contributed by atoms with Crippen LogP contribution in [0, 0.1) is 0 Å². The van der Waals surface area contributed by atoms with Crippen LogP contribution in [0.4, 0.5) is 5.69 Å². The first-order valence-electron chi connectivity index (χ1n) is 7.18. The zero-order valence-electron chi connectivity index (χ0n) is 12.7. The molecule has 0 bridgehead atoms. The Bertz CT molecular complexity index is 657. The minimum absolute atomic E-state index is 0.107. The Balaban J connectivity index is 1.79. The summed E-state index contributed by atoms with van der Waals surface area (Å²) in [6.07, 6.45) is 0.697. The van der Waals surface area contributed by atoms with E-state index >= 15 is 0 Å². The van der Waals surface area contributed by atoms with Crippen molar-refractivity contribution in [2.45, 2.75) is 6.42 Å². The third kappa shape index (κ3) is 5.05. The Hall–Kier alpha value is -1.91. The van der Waals surface area contributed by atoms with Crippen LogP contribution in [-0.2, 0) is 11.2 Å². The molecule has 0 unspecified atom stereocenters. The summed E-state index contributed by atoms with van der Waals surface area (Å²) in [5.74, 6) is 0.693. The van der Waals surface area contributed by atoms with Crippen molar-refractivity contribution in [3.63, 3.8) is 0 Å². The molecule has 0 atom stereocenters. The number of anilines is 1. The Morgan fingerprint density at radius 3 is 2.48 bits per heavy atom. The van der Waals surface area contributed by atoms with Crippen molar-refractivity contribution < 1.29 is 9.53 Å². The van der Waals surface area contributed by atoms with Crippen LogP contribution in [0.1, 0.15) is 5.56 Å². The lowest BCUT2D eigenvalue weighted by Crippen LogP contribution is -2.31. The number of carbonyl (C=O) groups excluding carboxylic acids is 1. The first-order chi connectivity index (χ1) is 11.1. The van der Waals surface area contributed by atoms with E-state index in [-0.39, 0.29) is 12.5 Å². The lowest BCUT2D eigenvalue weighted by atomic mass is 10.1. The second-order valence-electron chi connectivity index (χ2n) is 4.86. The number of halogens is 2. The number of carbonyl (C=O) groups is 1. The van der Waals surface area contributed by atoms with Crippen molar-refractivity contribution in [3.8, 4) is 5.75 Å². The number of rotatable bonds is 7. The van der Waals surface area contributed by atoms with Crippen LogP contribution in [-0.4, -0.2) is 26.1 Å². The third-order valence-corrected chi connectivity index (χ3v) is 3.93. The van der Waals surface area contributed by atoms with Gasteiger partial charge in [-0.25, -0.2) is 0 Å². The summed E-state index contributed by atoms with van der Waals surface area (Å²) in [6.45, 7) is 0.631. The number of ether oxygens (including phenoxy) is 1. The number of nitrogens with one attached hydrogen (secondary N) is 2. The smallest absolute Gasteiger partial charge is 0.239 e. The van der Waals surface area contributed by atoms with Gasteiger partial charge in [0.05, 0.1) is 29.4 Å². The fourth-order valence-electron chi connectivity index (χ4n) is 2.14. The van der Waals surface area contributed by atoms with Gasteiger partial charge < -0.3 is 15.4 Å². The summed E-state index contributed by atoms with van der Waals surface area (Å²) in [5.41, 5.74) is 1.62. The van der Waals surface area contributed by atoms with Crippen molar-refractivity contribution in [2.75, 3.05) is 25.5 Å². The molecule has 0 aliphatic rings. The van der Waals surface area contributed by atoms with E-state index in [2.05, 4.69) is 10.6 Å². The van der Waals surface area contributed by atoms with Gasteiger partial charge >= 0.3 is 0 Å². The standard InChI is InChI=1S/C17H18Cl2N2O2/c1-23-15-8-3-2-5-12(15)9-10-20-16(22)11-21-17-13(18)6-4-7-14(17)19/h2-8,21H,9-11H2,1H3,(H,20,22). The number of hydrogen-bond donors (Lipinski definition) is 2. The highest BCUT2D eigenvalue weighted by atomic mass is 35.5. The van der Waals surface area contributed by atoms with E-state index in [4.69, 9.17) is 27.9 Å². The molecule has 122 valence electrons. The fourth-order valence-corrected chi connectivity index (χ4v) is 2.68. The molecule has 2 N–H and O–H groups in total. The Morgan fingerprint density at radius 2 is 1.78 bits per heavy atom. The Labute approximate surface area is 145 Å². The Morgan fingerprint density at radius 1 is 1.09 bits per heavy atom. The maximum absolute atomic E-state index is 11.9. The second kappa shape index (κ2) is 8.65. The van der Waals surface area contributed by atoms with Gasteiger partial charge in [-0.2, -0.15) is 0 Å². The zero-order valence-corrected chi connectivity index (χ0v) is 14.2. The molecule has 0 saturated heterocycles. The van der Waals surface area contributed by atoms with Crippen LogP contribution in [0.2, 0.25) is 10.0 Å². The summed E-state index contributed by atoms with van der Waals surface area (Å²) in [5, 5.41) is 6.77. The molecule has 0 radical (unpaired) electrons. The number of benzene rings is 2. The normalized spacial score (nSPS) is 10.2. The fraction of sp³-hybridized carbons (Fsp3) is 0.235. The Kier molecular flexibility index (Phi) is 6.56. The molecule has 0 spiro atoms. The van der Waals surface area contributed by atoms with E-state index in [1.54, 1.807) is 25.3 Å². The molecule has 0 fully saturated rings. The maximum atomic E-state index is 11.9. The van der Waals surface area contributed by atoms with Gasteiger partial charge in [0.25, 0.3) is 0 Å². The van der Waals surface area contributed by atoms with Crippen LogP contribution < -0.4 is 15.4 Å². The third-order valence-electron chi connectivity index (χ3n) is 3.30. The van der Waals surface area contributed by atoms with Gasteiger partial charge in [0.1, 0.15) is 5.75 Å². The predicted molar refractivity (Wildman–Crippen MR) is 94.7 cm³/mol. The van der Waals surface area contributed by atoms with E-state index in [1.165, 1.54) is 0 Å². The molecule has 2 aromatic carbocycles. The molecule has 6 heteroatoms. The average Bonchev–Trinajstić information content (AvgIpc) is 2.55. The molecule has 1 amide bonds. The van der Waals surface area contributed by atoms with Crippen molar-refractivity contribution >= 4 is 34.8 Å². The molecule has 0 aromatic heterocycles. The number of amides is 1. The molecule has 0 aliphatic carbocycles. The molecule has 0 saturated carbocycles. The van der Waals surface area contributed by atoms with E-state index in [9.17, 15) is 4.79 Å². The van der Waals surface area contributed by atoms with Crippen LogP contribution in [0.25, 0.3) is 0 Å². The predicted octanol–water partition coefficient (Wildman–Crippen LogP) is 3.77. The highest BCUT2D eigenvalue weighted by Crippen LogP contribution is 2.29. The summed E-state index contributed by atoms with van der Waals surface area (Å²) in [4.78, 5) is 11.9. The van der Waals surface area contributed by atoms with Gasteiger partial charge in [0, 0.05) is 6.54 Å². The minimum Gasteiger partial charge on any atom is -0.496 e.